The summed E-state index contributed by atoms with van der Waals surface area (Å²) < 4.78 is 15.2. The largest absolute Gasteiger partial charge is 0.456 e. The molecule has 0 fully saturated rings. The smallest absolute Gasteiger partial charge is 0.194 e. The number of hydrogen-bond donors (Lipinski definition) is 0. The predicted molar refractivity (Wildman–Crippen MR) is 50.2 cm³/mol. The molecule has 0 aliphatic rings. The van der Waals surface area contributed by atoms with E-state index in [4.69, 9.17) is 13.9 Å². The summed E-state index contributed by atoms with van der Waals surface area (Å²) in [5.74, 6) is 0.954. The van der Waals surface area contributed by atoms with Gasteiger partial charge in [-0.1, -0.05) is 0 Å². The SMILES string of the molecule is COCCOCc1ccc(C(C)=O)o1. The molecule has 4 nitrogen and oxygen atoms in total. The van der Waals surface area contributed by atoms with Crippen LogP contribution in [0.3, 0.4) is 0 Å². The average Bonchev–Trinajstić information content (AvgIpc) is 2.61. The van der Waals surface area contributed by atoms with Crippen LogP contribution in [-0.2, 0) is 16.1 Å². The Morgan fingerprint density at radius 2 is 2.21 bits per heavy atom. The molecule has 1 heterocycles. The van der Waals surface area contributed by atoms with Crippen molar-refractivity contribution in [2.24, 2.45) is 0 Å². The number of rotatable bonds is 6. The van der Waals surface area contributed by atoms with Gasteiger partial charge >= 0.3 is 0 Å². The quantitative estimate of drug-likeness (QED) is 0.515. The van der Waals surface area contributed by atoms with Crippen LogP contribution in [0.1, 0.15) is 23.2 Å². The monoisotopic (exact) mass is 198 g/mol. The van der Waals surface area contributed by atoms with Crippen molar-refractivity contribution >= 4 is 5.78 Å². The van der Waals surface area contributed by atoms with Crippen LogP contribution in [0.15, 0.2) is 16.5 Å². The molecule has 0 aromatic carbocycles. The molecule has 14 heavy (non-hydrogen) atoms. The van der Waals surface area contributed by atoms with Gasteiger partial charge in [-0.2, -0.15) is 0 Å². The van der Waals surface area contributed by atoms with E-state index in [2.05, 4.69) is 0 Å². The first-order valence-corrected chi connectivity index (χ1v) is 4.40. The summed E-state index contributed by atoms with van der Waals surface area (Å²) in [5, 5.41) is 0. The third-order valence-electron chi connectivity index (χ3n) is 1.68. The normalized spacial score (nSPS) is 10.4. The van der Waals surface area contributed by atoms with Crippen LogP contribution in [0.5, 0.6) is 0 Å². The third-order valence-corrected chi connectivity index (χ3v) is 1.68. The highest BCUT2D eigenvalue weighted by atomic mass is 16.5. The second-order valence-corrected chi connectivity index (χ2v) is 2.87. The lowest BCUT2D eigenvalue weighted by atomic mass is 10.3. The van der Waals surface area contributed by atoms with Gasteiger partial charge in [0.1, 0.15) is 12.4 Å². The first-order valence-electron chi connectivity index (χ1n) is 4.40. The van der Waals surface area contributed by atoms with Gasteiger partial charge in [0, 0.05) is 14.0 Å². The van der Waals surface area contributed by atoms with E-state index in [0.717, 1.165) is 0 Å². The molecule has 0 saturated carbocycles. The highest BCUT2D eigenvalue weighted by Crippen LogP contribution is 2.09. The van der Waals surface area contributed by atoms with E-state index in [-0.39, 0.29) is 5.78 Å². The third kappa shape index (κ3) is 3.32. The molecule has 0 bridgehead atoms. The molecule has 1 aromatic heterocycles. The Bertz CT molecular complexity index is 290. The van der Waals surface area contributed by atoms with E-state index in [1.165, 1.54) is 6.92 Å². The van der Waals surface area contributed by atoms with Crippen molar-refractivity contribution in [3.05, 3.63) is 23.7 Å². The van der Waals surface area contributed by atoms with E-state index >= 15 is 0 Å². The number of Topliss-reactive ketones (excluding diaryl/α,β-unsaturated/α-hetero) is 1. The second-order valence-electron chi connectivity index (χ2n) is 2.87. The first kappa shape index (κ1) is 10.9. The van der Waals surface area contributed by atoms with Gasteiger partial charge in [0.2, 0.25) is 0 Å². The number of hydrogen-bond acceptors (Lipinski definition) is 4. The topological polar surface area (TPSA) is 48.7 Å². The molecule has 0 aliphatic carbocycles. The molecular formula is C10H14O4. The van der Waals surface area contributed by atoms with Crippen molar-refractivity contribution < 1.29 is 18.7 Å². The number of carbonyl (C=O) groups is 1. The first-order chi connectivity index (χ1) is 6.74. The van der Waals surface area contributed by atoms with Gasteiger partial charge in [-0.15, -0.1) is 0 Å². The number of ketones is 1. The number of carbonyl (C=O) groups excluding carboxylic acids is 1. The minimum atomic E-state index is -0.0758. The molecule has 0 atom stereocenters. The summed E-state index contributed by atoms with van der Waals surface area (Å²) >= 11 is 0. The Labute approximate surface area is 82.8 Å². The molecule has 1 rings (SSSR count). The Hall–Kier alpha value is -1.13. The molecular weight excluding hydrogens is 184 g/mol. The Kier molecular flexibility index (Phi) is 4.35. The molecule has 1 aromatic rings. The maximum absolute atomic E-state index is 10.9. The summed E-state index contributed by atoms with van der Waals surface area (Å²) in [6, 6.07) is 3.39. The zero-order chi connectivity index (χ0) is 10.4. The van der Waals surface area contributed by atoms with Crippen LogP contribution in [0.25, 0.3) is 0 Å². The maximum atomic E-state index is 10.9. The molecule has 0 saturated heterocycles. The van der Waals surface area contributed by atoms with Crippen LogP contribution in [0.2, 0.25) is 0 Å². The van der Waals surface area contributed by atoms with E-state index in [9.17, 15) is 4.79 Å². The van der Waals surface area contributed by atoms with Gasteiger partial charge in [-0.05, 0) is 12.1 Å². The fraction of sp³-hybridized carbons (Fsp3) is 0.500. The van der Waals surface area contributed by atoms with Crippen molar-refractivity contribution in [3.63, 3.8) is 0 Å². The summed E-state index contributed by atoms with van der Waals surface area (Å²) in [6.45, 7) is 2.91. The predicted octanol–water partition coefficient (Wildman–Crippen LogP) is 1.65. The molecule has 4 heteroatoms. The van der Waals surface area contributed by atoms with Crippen LogP contribution < -0.4 is 0 Å². The Balaban J connectivity index is 2.33. The van der Waals surface area contributed by atoms with Gasteiger partial charge in [0.15, 0.2) is 11.5 Å². The lowest BCUT2D eigenvalue weighted by Crippen LogP contribution is -2.01. The van der Waals surface area contributed by atoms with Crippen molar-refractivity contribution in [2.75, 3.05) is 20.3 Å². The van der Waals surface area contributed by atoms with Crippen LogP contribution in [-0.4, -0.2) is 26.1 Å². The summed E-state index contributed by atoms with van der Waals surface area (Å²) in [4.78, 5) is 10.9. The van der Waals surface area contributed by atoms with Crippen LogP contribution in [0, 0.1) is 0 Å². The molecule has 0 amide bonds. The van der Waals surface area contributed by atoms with Crippen molar-refractivity contribution in [1.82, 2.24) is 0 Å². The zero-order valence-electron chi connectivity index (χ0n) is 8.41. The standard InChI is InChI=1S/C10H14O4/c1-8(11)10-4-3-9(14-10)7-13-6-5-12-2/h3-4H,5-7H2,1-2H3. The lowest BCUT2D eigenvalue weighted by Gasteiger charge is -2.00. The fourth-order valence-corrected chi connectivity index (χ4v) is 0.960. The molecule has 78 valence electrons. The van der Waals surface area contributed by atoms with Gasteiger partial charge in [-0.3, -0.25) is 4.79 Å². The number of ether oxygens (including phenoxy) is 2. The molecule has 0 radical (unpaired) electrons. The lowest BCUT2D eigenvalue weighted by molar-refractivity contribution is 0.0532. The summed E-state index contributed by atoms with van der Waals surface area (Å²) in [5.41, 5.74) is 0. The molecule has 0 spiro atoms. The van der Waals surface area contributed by atoms with Crippen molar-refractivity contribution in [2.45, 2.75) is 13.5 Å². The second kappa shape index (κ2) is 5.57. The van der Waals surface area contributed by atoms with Gasteiger partial charge in [-0.25, -0.2) is 0 Å². The van der Waals surface area contributed by atoms with E-state index in [1.54, 1.807) is 19.2 Å². The van der Waals surface area contributed by atoms with E-state index in [1.807, 2.05) is 0 Å². The molecule has 0 N–H and O–H groups in total. The summed E-state index contributed by atoms with van der Waals surface area (Å²) in [7, 11) is 1.62. The van der Waals surface area contributed by atoms with E-state index in [0.29, 0.717) is 31.3 Å². The van der Waals surface area contributed by atoms with Crippen molar-refractivity contribution in [3.8, 4) is 0 Å². The Morgan fingerprint density at radius 3 is 2.79 bits per heavy atom. The van der Waals surface area contributed by atoms with Gasteiger partial charge < -0.3 is 13.9 Å². The van der Waals surface area contributed by atoms with Crippen LogP contribution in [0.4, 0.5) is 0 Å². The van der Waals surface area contributed by atoms with Gasteiger partial charge in [0.25, 0.3) is 0 Å². The minimum absolute atomic E-state index is 0.0758. The highest BCUT2D eigenvalue weighted by molar-refractivity contribution is 5.91. The highest BCUT2D eigenvalue weighted by Gasteiger charge is 2.05. The van der Waals surface area contributed by atoms with E-state index < -0.39 is 0 Å². The minimum Gasteiger partial charge on any atom is -0.456 e. The number of methoxy groups -OCH3 is 1. The Morgan fingerprint density at radius 1 is 1.43 bits per heavy atom. The number of furan rings is 1. The molecule has 0 aliphatic heterocycles. The maximum Gasteiger partial charge on any atom is 0.194 e. The molecule has 0 unspecified atom stereocenters. The van der Waals surface area contributed by atoms with Gasteiger partial charge in [0.05, 0.1) is 13.2 Å². The van der Waals surface area contributed by atoms with Crippen molar-refractivity contribution in [1.29, 1.82) is 0 Å². The summed E-state index contributed by atoms with van der Waals surface area (Å²) in [6.07, 6.45) is 0. The fourth-order valence-electron chi connectivity index (χ4n) is 0.960. The zero-order valence-corrected chi connectivity index (χ0v) is 8.41. The average molecular weight is 198 g/mol. The van der Waals surface area contributed by atoms with Crippen LogP contribution >= 0.6 is 0 Å².